The normalized spacial score (nSPS) is 23.0. The molecule has 3 aliphatic rings. The van der Waals surface area contributed by atoms with Gasteiger partial charge in [-0.2, -0.15) is 21.6 Å². The van der Waals surface area contributed by atoms with E-state index >= 15 is 4.48 Å². The van der Waals surface area contributed by atoms with E-state index in [1.807, 2.05) is 6.92 Å². The number of carbonyl (C=O) groups excluding carboxylic acids is 1. The number of carbonyl (C=O) groups is 1. The Morgan fingerprint density at radius 1 is 1.05 bits per heavy atom. The number of morpholine rings is 1. The molecule has 232 valence electrons. The summed E-state index contributed by atoms with van der Waals surface area (Å²) in [6, 6.07) is 7.79. The van der Waals surface area contributed by atoms with Gasteiger partial charge < -0.3 is 28.4 Å². The molecule has 3 heterocycles. The second kappa shape index (κ2) is 10.5. The highest BCUT2D eigenvalue weighted by atomic mass is 32.2. The lowest BCUT2D eigenvalue weighted by Crippen LogP contribution is -2.62. The van der Waals surface area contributed by atoms with Crippen molar-refractivity contribution in [2.24, 2.45) is 5.41 Å². The number of hydrogen-bond donors (Lipinski definition) is 1. The Labute approximate surface area is 245 Å². The number of nitrogens with one attached hydrogen (secondary N) is 1. The van der Waals surface area contributed by atoms with Gasteiger partial charge >= 0.3 is 21.7 Å². The highest BCUT2D eigenvalue weighted by Crippen LogP contribution is 2.53. The molecule has 2 saturated heterocycles. The molecule has 0 bridgehead atoms. The first-order chi connectivity index (χ1) is 19.9. The van der Waals surface area contributed by atoms with Gasteiger partial charge in [0, 0.05) is 16.7 Å². The first-order valence-corrected chi connectivity index (χ1v) is 14.4. The topological polar surface area (TPSA) is 113 Å². The molecule has 2 aromatic carbocycles. The molecule has 1 N–H and O–H groups in total. The first kappa shape index (κ1) is 30.9. The van der Waals surface area contributed by atoms with Crippen LogP contribution in [0.1, 0.15) is 44.4 Å². The Morgan fingerprint density at radius 2 is 1.70 bits per heavy atom. The second-order valence-electron chi connectivity index (χ2n) is 11.6. The zero-order chi connectivity index (χ0) is 31.4. The lowest BCUT2D eigenvalue weighted by atomic mass is 9.78. The van der Waals surface area contributed by atoms with Crippen LogP contribution in [-0.4, -0.2) is 63.3 Å². The molecular formula is C28H28F4N2O8S. The van der Waals surface area contributed by atoms with E-state index in [1.165, 1.54) is 0 Å². The third-order valence-corrected chi connectivity index (χ3v) is 7.77. The fourth-order valence-electron chi connectivity index (χ4n) is 4.77. The van der Waals surface area contributed by atoms with Gasteiger partial charge in [0.1, 0.15) is 34.6 Å². The number of amides is 1. The zero-order valence-corrected chi connectivity index (χ0v) is 24.3. The molecule has 3 aliphatic heterocycles. The van der Waals surface area contributed by atoms with E-state index < -0.39 is 51.4 Å². The van der Waals surface area contributed by atoms with Crippen molar-refractivity contribution in [3.8, 4) is 29.1 Å². The second-order valence-corrected chi connectivity index (χ2v) is 13.1. The van der Waals surface area contributed by atoms with E-state index in [4.69, 9.17) is 18.9 Å². The van der Waals surface area contributed by atoms with Crippen molar-refractivity contribution in [3.63, 3.8) is 0 Å². The number of halogens is 4. The molecule has 0 aliphatic carbocycles. The van der Waals surface area contributed by atoms with Crippen molar-refractivity contribution in [2.45, 2.75) is 50.5 Å². The summed E-state index contributed by atoms with van der Waals surface area (Å²) in [5.41, 5.74) is -8.42. The van der Waals surface area contributed by atoms with Crippen LogP contribution in [0.4, 0.5) is 22.4 Å². The van der Waals surface area contributed by atoms with Gasteiger partial charge in [-0.05, 0) is 64.1 Å². The van der Waals surface area contributed by atoms with E-state index in [1.54, 1.807) is 39.0 Å². The Bertz CT molecular complexity index is 1610. The number of ether oxygens (including phenoxy) is 4. The van der Waals surface area contributed by atoms with E-state index in [-0.39, 0.29) is 39.8 Å². The Kier molecular flexibility index (Phi) is 7.57. The number of alkyl halides is 3. The van der Waals surface area contributed by atoms with Gasteiger partial charge in [-0.15, -0.1) is 9.60 Å². The lowest BCUT2D eigenvalue weighted by molar-refractivity contribution is -0.198. The fraction of sp³-hybridized carbons (Fsp3) is 0.464. The number of nitrogens with zero attached hydrogens (tertiary/aromatic N) is 1. The molecule has 2 fully saturated rings. The molecular weight excluding hydrogens is 600 g/mol. The highest BCUT2D eigenvalue weighted by molar-refractivity contribution is 7.88. The van der Waals surface area contributed by atoms with Crippen LogP contribution in [0, 0.1) is 17.3 Å². The van der Waals surface area contributed by atoms with Crippen molar-refractivity contribution >= 4 is 16.2 Å². The van der Waals surface area contributed by atoms with E-state index in [2.05, 4.69) is 21.3 Å². The SMILES string of the molecule is CC1(C#Cc2ccc3c(c2)C2(COC[C@@H](NC(=O)OC(C)(C)C)N2F)c2cc(OS(=O)(=O)C(F)(F)F)ccc2O3)COC1. The molecule has 0 aromatic heterocycles. The fourth-order valence-corrected chi connectivity index (χ4v) is 5.22. The molecule has 2 atom stereocenters. The zero-order valence-electron chi connectivity index (χ0n) is 23.5. The summed E-state index contributed by atoms with van der Waals surface area (Å²) in [6.07, 6.45) is -2.39. The molecule has 10 nitrogen and oxygen atoms in total. The monoisotopic (exact) mass is 628 g/mol. The summed E-state index contributed by atoms with van der Waals surface area (Å²) in [5, 5.41) is 2.69. The van der Waals surface area contributed by atoms with Gasteiger partial charge in [0.2, 0.25) is 0 Å². The summed E-state index contributed by atoms with van der Waals surface area (Å²) in [7, 11) is -6.04. The summed E-state index contributed by atoms with van der Waals surface area (Å²) < 4.78 is 106. The third kappa shape index (κ3) is 5.97. The summed E-state index contributed by atoms with van der Waals surface area (Å²) in [6.45, 7) is 6.95. The largest absolute Gasteiger partial charge is 0.534 e. The quantitative estimate of drug-likeness (QED) is 0.170. The van der Waals surface area contributed by atoms with E-state index in [9.17, 15) is 26.4 Å². The van der Waals surface area contributed by atoms with Crippen molar-refractivity contribution in [2.75, 3.05) is 26.4 Å². The van der Waals surface area contributed by atoms with Crippen molar-refractivity contribution in [1.82, 2.24) is 10.4 Å². The summed E-state index contributed by atoms with van der Waals surface area (Å²) in [4.78, 5) is 12.6. The number of rotatable bonds is 3. The molecule has 0 saturated carbocycles. The molecule has 5 rings (SSSR count). The number of hydrogen-bond acceptors (Lipinski definition) is 9. The maximum Gasteiger partial charge on any atom is 0.534 e. The predicted octanol–water partition coefficient (Wildman–Crippen LogP) is 4.72. The minimum absolute atomic E-state index is 0.00798. The average Bonchev–Trinajstić information content (AvgIpc) is 2.87. The molecule has 15 heteroatoms. The minimum Gasteiger partial charge on any atom is -0.457 e. The standard InChI is InChI=1S/C28H28F4N2O8S/c1-25(2,3)41-24(35)33-23-13-38-16-27(34(23)32)19-11-17(9-10-26(4)14-39-15-26)5-7-21(19)40-22-8-6-18(12-20(22)27)42-43(36,37)28(29,30)31/h5-8,11-12,23H,13-16H2,1-4H3,(H,33,35)/t23-,27?/m0/s1. The lowest BCUT2D eigenvalue weighted by Gasteiger charge is -2.48. The smallest absolute Gasteiger partial charge is 0.457 e. The van der Waals surface area contributed by atoms with Crippen LogP contribution in [0.5, 0.6) is 17.2 Å². The molecule has 2 aromatic rings. The predicted molar refractivity (Wildman–Crippen MR) is 142 cm³/mol. The molecule has 0 radical (unpaired) electrons. The highest BCUT2D eigenvalue weighted by Gasteiger charge is 2.55. The first-order valence-electron chi connectivity index (χ1n) is 13.0. The van der Waals surface area contributed by atoms with Crippen molar-refractivity contribution in [1.29, 1.82) is 0 Å². The van der Waals surface area contributed by atoms with Gasteiger partial charge in [0.05, 0.1) is 31.8 Å². The van der Waals surface area contributed by atoms with Crippen LogP contribution < -0.4 is 14.2 Å². The van der Waals surface area contributed by atoms with Gasteiger partial charge in [-0.3, -0.25) is 0 Å². The number of fused-ring (bicyclic) bond motifs is 4. The van der Waals surface area contributed by atoms with Gasteiger partial charge in [-0.1, -0.05) is 11.8 Å². The van der Waals surface area contributed by atoms with Gasteiger partial charge in [-0.25, -0.2) is 4.79 Å². The van der Waals surface area contributed by atoms with Crippen LogP contribution in [0.2, 0.25) is 0 Å². The summed E-state index contributed by atoms with van der Waals surface area (Å²) in [5.74, 6) is 5.59. The van der Waals surface area contributed by atoms with Crippen LogP contribution in [0.15, 0.2) is 36.4 Å². The maximum atomic E-state index is 16.8. The van der Waals surface area contributed by atoms with Gasteiger partial charge in [0.15, 0.2) is 0 Å². The van der Waals surface area contributed by atoms with Gasteiger partial charge in [0.25, 0.3) is 0 Å². The molecule has 43 heavy (non-hydrogen) atoms. The van der Waals surface area contributed by atoms with Crippen LogP contribution in [0.3, 0.4) is 0 Å². The third-order valence-electron chi connectivity index (χ3n) is 6.79. The van der Waals surface area contributed by atoms with E-state index in [0.717, 1.165) is 18.2 Å². The number of benzene rings is 2. The Morgan fingerprint density at radius 3 is 2.30 bits per heavy atom. The van der Waals surface area contributed by atoms with E-state index in [0.29, 0.717) is 18.8 Å². The average molecular weight is 629 g/mol. The molecule has 1 spiro atoms. The van der Waals surface area contributed by atoms with Crippen LogP contribution >= 0.6 is 0 Å². The minimum atomic E-state index is -6.04. The van der Waals surface area contributed by atoms with Crippen LogP contribution in [0.25, 0.3) is 0 Å². The molecule has 1 unspecified atom stereocenters. The van der Waals surface area contributed by atoms with Crippen molar-refractivity contribution < 1.29 is 54.0 Å². The Hall–Kier alpha value is -3.58. The number of alkyl carbamates (subject to hydrolysis) is 1. The summed E-state index contributed by atoms with van der Waals surface area (Å²) >= 11 is 0. The van der Waals surface area contributed by atoms with Crippen LogP contribution in [-0.2, 0) is 29.9 Å². The maximum absolute atomic E-state index is 16.8. The Balaban J connectivity index is 1.62. The van der Waals surface area contributed by atoms with Crippen molar-refractivity contribution in [3.05, 3.63) is 53.1 Å². The molecule has 1 amide bonds.